The topological polar surface area (TPSA) is 70.2 Å². The predicted molar refractivity (Wildman–Crippen MR) is 62.0 cm³/mol. The first-order valence-corrected chi connectivity index (χ1v) is 6.01. The van der Waals surface area contributed by atoms with Gasteiger partial charge < -0.3 is 16.0 Å². The largest absolute Gasteiger partial charge is 0.359 e. The van der Waals surface area contributed by atoms with E-state index in [1.54, 1.807) is 0 Å². The highest BCUT2D eigenvalue weighted by Gasteiger charge is 2.15. The van der Waals surface area contributed by atoms with Gasteiger partial charge in [0.15, 0.2) is 0 Å². The zero-order valence-corrected chi connectivity index (χ0v) is 9.63. The molecular formula is C11H21N3O2. The Balaban J connectivity index is 1.91. The molecule has 0 aromatic heterocycles. The van der Waals surface area contributed by atoms with Gasteiger partial charge in [-0.15, -0.1) is 0 Å². The van der Waals surface area contributed by atoms with Crippen LogP contribution in [0, 0.1) is 5.92 Å². The molecule has 0 aliphatic heterocycles. The SMILES string of the molecule is O=CNCCCNC(=O)NCC1CCCC1. The molecule has 0 heterocycles. The van der Waals surface area contributed by atoms with Gasteiger partial charge in [-0.05, 0) is 25.2 Å². The molecule has 0 spiro atoms. The third-order valence-electron chi connectivity index (χ3n) is 2.89. The first-order chi connectivity index (χ1) is 7.83. The predicted octanol–water partition coefficient (Wildman–Crippen LogP) is 0.612. The van der Waals surface area contributed by atoms with Crippen LogP contribution in [0.15, 0.2) is 0 Å². The fourth-order valence-corrected chi connectivity index (χ4v) is 1.97. The maximum absolute atomic E-state index is 11.3. The van der Waals surface area contributed by atoms with Crippen LogP contribution in [0.4, 0.5) is 4.79 Å². The van der Waals surface area contributed by atoms with E-state index in [1.165, 1.54) is 25.7 Å². The Kier molecular flexibility index (Phi) is 6.37. The van der Waals surface area contributed by atoms with Gasteiger partial charge in [0, 0.05) is 19.6 Å². The van der Waals surface area contributed by atoms with E-state index >= 15 is 0 Å². The lowest BCUT2D eigenvalue weighted by Crippen LogP contribution is -2.38. The van der Waals surface area contributed by atoms with Gasteiger partial charge in [-0.25, -0.2) is 4.79 Å². The fourth-order valence-electron chi connectivity index (χ4n) is 1.97. The molecule has 0 aromatic carbocycles. The lowest BCUT2D eigenvalue weighted by molar-refractivity contribution is -0.109. The maximum atomic E-state index is 11.3. The lowest BCUT2D eigenvalue weighted by atomic mass is 10.1. The molecule has 5 nitrogen and oxygen atoms in total. The first kappa shape index (κ1) is 12.8. The van der Waals surface area contributed by atoms with Gasteiger partial charge in [0.1, 0.15) is 0 Å². The van der Waals surface area contributed by atoms with Crippen molar-refractivity contribution in [2.24, 2.45) is 5.92 Å². The van der Waals surface area contributed by atoms with Gasteiger partial charge in [-0.3, -0.25) is 4.79 Å². The molecular weight excluding hydrogens is 206 g/mol. The molecule has 0 unspecified atom stereocenters. The second kappa shape index (κ2) is 7.96. The van der Waals surface area contributed by atoms with Crippen molar-refractivity contribution in [1.29, 1.82) is 0 Å². The number of hydrogen-bond donors (Lipinski definition) is 3. The van der Waals surface area contributed by atoms with E-state index in [4.69, 9.17) is 0 Å². The third kappa shape index (κ3) is 5.58. The molecule has 92 valence electrons. The van der Waals surface area contributed by atoms with E-state index in [2.05, 4.69) is 16.0 Å². The van der Waals surface area contributed by atoms with Crippen molar-refractivity contribution in [2.75, 3.05) is 19.6 Å². The molecule has 1 aliphatic carbocycles. The summed E-state index contributed by atoms with van der Waals surface area (Å²) in [5, 5.41) is 8.18. The Morgan fingerprint density at radius 3 is 2.62 bits per heavy atom. The number of amides is 3. The number of carbonyl (C=O) groups is 2. The molecule has 1 rings (SSSR count). The number of carbonyl (C=O) groups excluding carboxylic acids is 2. The van der Waals surface area contributed by atoms with Crippen LogP contribution in [0.1, 0.15) is 32.1 Å². The van der Waals surface area contributed by atoms with Crippen molar-refractivity contribution >= 4 is 12.4 Å². The van der Waals surface area contributed by atoms with E-state index in [1.807, 2.05) is 0 Å². The van der Waals surface area contributed by atoms with Crippen LogP contribution < -0.4 is 16.0 Å². The fraction of sp³-hybridized carbons (Fsp3) is 0.818. The number of nitrogens with one attached hydrogen (secondary N) is 3. The highest BCUT2D eigenvalue weighted by molar-refractivity contribution is 5.73. The van der Waals surface area contributed by atoms with Gasteiger partial charge in [0.05, 0.1) is 0 Å². The zero-order valence-electron chi connectivity index (χ0n) is 9.63. The Hall–Kier alpha value is -1.26. The molecule has 1 saturated carbocycles. The second-order valence-corrected chi connectivity index (χ2v) is 4.21. The smallest absolute Gasteiger partial charge is 0.314 e. The van der Waals surface area contributed by atoms with Crippen LogP contribution in [-0.4, -0.2) is 32.1 Å². The summed E-state index contributed by atoms with van der Waals surface area (Å²) in [6.07, 6.45) is 6.50. The highest BCUT2D eigenvalue weighted by Crippen LogP contribution is 2.23. The van der Waals surface area contributed by atoms with Crippen LogP contribution in [0.2, 0.25) is 0 Å². The minimum atomic E-state index is -0.0991. The minimum Gasteiger partial charge on any atom is -0.359 e. The van der Waals surface area contributed by atoms with Gasteiger partial charge >= 0.3 is 6.03 Å². The summed E-state index contributed by atoms with van der Waals surface area (Å²) in [6, 6.07) is -0.0991. The summed E-state index contributed by atoms with van der Waals surface area (Å²) in [6.45, 7) is 1.99. The Morgan fingerprint density at radius 2 is 1.94 bits per heavy atom. The van der Waals surface area contributed by atoms with Gasteiger partial charge in [0.25, 0.3) is 0 Å². The number of urea groups is 1. The molecule has 0 radical (unpaired) electrons. The number of rotatable bonds is 7. The Labute approximate surface area is 96.4 Å². The standard InChI is InChI=1S/C11H21N3O2/c15-9-12-6-3-7-13-11(16)14-8-10-4-1-2-5-10/h9-10H,1-8H2,(H,12,15)(H2,13,14,16). The summed E-state index contributed by atoms with van der Waals surface area (Å²) >= 11 is 0. The molecule has 1 fully saturated rings. The van der Waals surface area contributed by atoms with E-state index in [0.717, 1.165) is 13.0 Å². The van der Waals surface area contributed by atoms with Crippen LogP contribution in [-0.2, 0) is 4.79 Å². The van der Waals surface area contributed by atoms with Gasteiger partial charge in [0.2, 0.25) is 6.41 Å². The molecule has 1 aliphatic rings. The van der Waals surface area contributed by atoms with E-state index in [-0.39, 0.29) is 6.03 Å². The average molecular weight is 227 g/mol. The maximum Gasteiger partial charge on any atom is 0.314 e. The van der Waals surface area contributed by atoms with Crippen molar-refractivity contribution in [2.45, 2.75) is 32.1 Å². The van der Waals surface area contributed by atoms with Crippen molar-refractivity contribution < 1.29 is 9.59 Å². The summed E-state index contributed by atoms with van der Waals surface area (Å²) in [5.74, 6) is 0.669. The number of hydrogen-bond acceptors (Lipinski definition) is 2. The highest BCUT2D eigenvalue weighted by atomic mass is 16.2. The van der Waals surface area contributed by atoms with Crippen LogP contribution >= 0.6 is 0 Å². The molecule has 0 bridgehead atoms. The summed E-state index contributed by atoms with van der Waals surface area (Å²) in [5.41, 5.74) is 0. The molecule has 5 heteroatoms. The first-order valence-electron chi connectivity index (χ1n) is 6.01. The Bertz CT molecular complexity index is 215. The molecule has 3 N–H and O–H groups in total. The summed E-state index contributed by atoms with van der Waals surface area (Å²) < 4.78 is 0. The van der Waals surface area contributed by atoms with E-state index in [0.29, 0.717) is 25.4 Å². The Morgan fingerprint density at radius 1 is 1.19 bits per heavy atom. The van der Waals surface area contributed by atoms with E-state index in [9.17, 15) is 9.59 Å². The van der Waals surface area contributed by atoms with Crippen molar-refractivity contribution in [1.82, 2.24) is 16.0 Å². The minimum absolute atomic E-state index is 0.0991. The van der Waals surface area contributed by atoms with Crippen molar-refractivity contribution in [3.8, 4) is 0 Å². The lowest BCUT2D eigenvalue weighted by Gasteiger charge is -2.11. The third-order valence-corrected chi connectivity index (χ3v) is 2.89. The summed E-state index contributed by atoms with van der Waals surface area (Å²) in [7, 11) is 0. The van der Waals surface area contributed by atoms with Crippen LogP contribution in [0.3, 0.4) is 0 Å². The molecule has 16 heavy (non-hydrogen) atoms. The van der Waals surface area contributed by atoms with Gasteiger partial charge in [-0.2, -0.15) is 0 Å². The molecule has 0 atom stereocenters. The quantitative estimate of drug-likeness (QED) is 0.440. The van der Waals surface area contributed by atoms with Crippen molar-refractivity contribution in [3.05, 3.63) is 0 Å². The van der Waals surface area contributed by atoms with Crippen LogP contribution in [0.25, 0.3) is 0 Å². The van der Waals surface area contributed by atoms with Crippen LogP contribution in [0.5, 0.6) is 0 Å². The molecule has 0 aromatic rings. The van der Waals surface area contributed by atoms with Crippen molar-refractivity contribution in [3.63, 3.8) is 0 Å². The summed E-state index contributed by atoms with van der Waals surface area (Å²) in [4.78, 5) is 21.3. The normalized spacial score (nSPS) is 15.8. The van der Waals surface area contributed by atoms with E-state index < -0.39 is 0 Å². The molecule has 0 saturated heterocycles. The second-order valence-electron chi connectivity index (χ2n) is 4.21. The molecule has 3 amide bonds. The zero-order chi connectivity index (χ0) is 11.6. The monoisotopic (exact) mass is 227 g/mol. The average Bonchev–Trinajstić information content (AvgIpc) is 2.79. The van der Waals surface area contributed by atoms with Gasteiger partial charge in [-0.1, -0.05) is 12.8 Å².